The van der Waals surface area contributed by atoms with Gasteiger partial charge >= 0.3 is 0 Å². The second-order valence-corrected chi connectivity index (χ2v) is 8.83. The molecule has 2 atom stereocenters. The van der Waals surface area contributed by atoms with E-state index in [1.54, 1.807) is 36.3 Å². The van der Waals surface area contributed by atoms with Crippen LogP contribution in [0, 0.1) is 11.6 Å². The minimum absolute atomic E-state index is 0.129. The number of hydrogen-bond acceptors (Lipinski definition) is 3. The van der Waals surface area contributed by atoms with E-state index in [0.29, 0.717) is 11.1 Å². The number of nitrogens with zero attached hydrogens (tertiary/aromatic N) is 2. The van der Waals surface area contributed by atoms with E-state index >= 15 is 0 Å². The Balaban J connectivity index is 1.69. The van der Waals surface area contributed by atoms with E-state index in [0.717, 1.165) is 28.6 Å². The van der Waals surface area contributed by atoms with Crippen molar-refractivity contribution in [2.45, 2.75) is 12.0 Å². The van der Waals surface area contributed by atoms with Crippen molar-refractivity contribution in [2.75, 3.05) is 25.6 Å². The van der Waals surface area contributed by atoms with E-state index < -0.39 is 29.5 Å². The minimum Gasteiger partial charge on any atom is -0.383 e. The number of methoxy groups -OCH3 is 1. The molecule has 4 aromatic rings. The third-order valence-electron chi connectivity index (χ3n) is 6.69. The Morgan fingerprint density at radius 2 is 1.78 bits per heavy atom. The van der Waals surface area contributed by atoms with Gasteiger partial charge in [0.05, 0.1) is 24.3 Å². The van der Waals surface area contributed by atoms with Crippen molar-refractivity contribution in [2.24, 2.45) is 7.05 Å². The molecule has 5 rings (SSSR count). The maximum Gasteiger partial charge on any atom is 0.254 e. The SMILES string of the molecule is COCCN1C(=O)c2ccccc2[C@H](C(=O)Nc2ccc(F)cc2F)[C@@H]1c1cn(C)c2ccccc12. The molecule has 1 aliphatic heterocycles. The van der Waals surface area contributed by atoms with Crippen LogP contribution < -0.4 is 5.32 Å². The van der Waals surface area contributed by atoms with E-state index in [1.165, 1.54) is 6.07 Å². The average molecular weight is 490 g/mol. The first kappa shape index (κ1) is 23.7. The van der Waals surface area contributed by atoms with Gasteiger partial charge in [0.1, 0.15) is 11.6 Å². The van der Waals surface area contributed by atoms with Crippen molar-refractivity contribution in [3.8, 4) is 0 Å². The molecule has 1 aliphatic rings. The quantitative estimate of drug-likeness (QED) is 0.414. The largest absolute Gasteiger partial charge is 0.383 e. The van der Waals surface area contributed by atoms with Crippen molar-refractivity contribution in [3.05, 3.63) is 101 Å². The normalized spacial score (nSPS) is 17.3. The molecule has 1 N–H and O–H groups in total. The Kier molecular flexibility index (Phi) is 6.28. The first-order chi connectivity index (χ1) is 17.4. The zero-order valence-electron chi connectivity index (χ0n) is 19.9. The van der Waals surface area contributed by atoms with E-state index in [9.17, 15) is 18.4 Å². The molecular formula is C28H25F2N3O3. The number of anilines is 1. The predicted molar refractivity (Wildman–Crippen MR) is 133 cm³/mol. The highest BCUT2D eigenvalue weighted by molar-refractivity contribution is 6.05. The summed E-state index contributed by atoms with van der Waals surface area (Å²) in [5.74, 6) is -3.18. The maximum absolute atomic E-state index is 14.5. The summed E-state index contributed by atoms with van der Waals surface area (Å²) < 4.78 is 35.2. The smallest absolute Gasteiger partial charge is 0.254 e. The average Bonchev–Trinajstić information content (AvgIpc) is 3.21. The minimum atomic E-state index is -0.874. The molecule has 3 aromatic carbocycles. The lowest BCUT2D eigenvalue weighted by molar-refractivity contribution is -0.119. The number of halogens is 2. The third kappa shape index (κ3) is 4.03. The molecule has 0 unspecified atom stereocenters. The lowest BCUT2D eigenvalue weighted by Crippen LogP contribution is -2.47. The molecule has 184 valence electrons. The summed E-state index contributed by atoms with van der Waals surface area (Å²) in [5.41, 5.74) is 2.58. The fraction of sp³-hybridized carbons (Fsp3) is 0.214. The number of ether oxygens (including phenoxy) is 1. The predicted octanol–water partition coefficient (Wildman–Crippen LogP) is 5.02. The van der Waals surface area contributed by atoms with Crippen LogP contribution in [0.25, 0.3) is 10.9 Å². The first-order valence-corrected chi connectivity index (χ1v) is 11.6. The fourth-order valence-corrected chi connectivity index (χ4v) is 5.07. The third-order valence-corrected chi connectivity index (χ3v) is 6.69. The zero-order valence-corrected chi connectivity index (χ0v) is 19.9. The van der Waals surface area contributed by atoms with Gasteiger partial charge in [0, 0.05) is 55.0 Å². The highest BCUT2D eigenvalue weighted by Crippen LogP contribution is 2.45. The lowest BCUT2D eigenvalue weighted by atomic mass is 9.79. The Bertz CT molecular complexity index is 1470. The van der Waals surface area contributed by atoms with Gasteiger partial charge in [-0.3, -0.25) is 9.59 Å². The summed E-state index contributed by atoms with van der Waals surface area (Å²) in [6, 6.07) is 17.1. The standard InChI is InChI=1S/C28H25F2N3O3/c1-32-16-21(18-7-5-6-10-24(18)32)26-25(27(34)31-23-12-11-17(29)15-22(23)30)19-8-3-4-9-20(19)28(35)33(26)13-14-36-2/h3-12,15-16,25-26H,13-14H2,1-2H3,(H,31,34)/t25-,26-/m0/s1. The summed E-state index contributed by atoms with van der Waals surface area (Å²) in [7, 11) is 3.46. The number of nitrogens with one attached hydrogen (secondary N) is 1. The first-order valence-electron chi connectivity index (χ1n) is 11.6. The molecule has 1 aromatic heterocycles. The molecule has 0 aliphatic carbocycles. The molecule has 8 heteroatoms. The van der Waals surface area contributed by atoms with Crippen molar-refractivity contribution >= 4 is 28.4 Å². The van der Waals surface area contributed by atoms with Crippen LogP contribution in [0.3, 0.4) is 0 Å². The van der Waals surface area contributed by atoms with Crippen LogP contribution in [0.4, 0.5) is 14.5 Å². The molecule has 0 bridgehead atoms. The van der Waals surface area contributed by atoms with Gasteiger partial charge in [0.15, 0.2) is 0 Å². The fourth-order valence-electron chi connectivity index (χ4n) is 5.07. The lowest BCUT2D eigenvalue weighted by Gasteiger charge is -2.41. The number of rotatable bonds is 6. The number of fused-ring (bicyclic) bond motifs is 2. The van der Waals surface area contributed by atoms with E-state index in [2.05, 4.69) is 5.32 Å². The molecule has 0 saturated heterocycles. The van der Waals surface area contributed by atoms with E-state index in [4.69, 9.17) is 4.74 Å². The van der Waals surface area contributed by atoms with Gasteiger partial charge in [-0.25, -0.2) is 8.78 Å². The van der Waals surface area contributed by atoms with Crippen molar-refractivity contribution in [3.63, 3.8) is 0 Å². The van der Waals surface area contributed by atoms with Crippen LogP contribution in [0.15, 0.2) is 72.9 Å². The summed E-state index contributed by atoms with van der Waals surface area (Å²) in [4.78, 5) is 29.2. The molecule has 0 spiro atoms. The summed E-state index contributed by atoms with van der Waals surface area (Å²) in [5, 5.41) is 3.55. The molecular weight excluding hydrogens is 464 g/mol. The number of aromatic nitrogens is 1. The second kappa shape index (κ2) is 9.54. The van der Waals surface area contributed by atoms with E-state index in [1.807, 2.05) is 42.1 Å². The van der Waals surface area contributed by atoms with Crippen LogP contribution in [0.5, 0.6) is 0 Å². The second-order valence-electron chi connectivity index (χ2n) is 8.83. The summed E-state index contributed by atoms with van der Waals surface area (Å²) in [6.07, 6.45) is 1.93. The van der Waals surface area contributed by atoms with Crippen molar-refractivity contribution in [1.82, 2.24) is 9.47 Å². The number of benzene rings is 3. The summed E-state index contributed by atoms with van der Waals surface area (Å²) >= 11 is 0. The molecule has 2 amide bonds. The highest BCUT2D eigenvalue weighted by Gasteiger charge is 2.45. The number of carbonyl (C=O) groups excluding carboxylic acids is 2. The van der Waals surface area contributed by atoms with Crippen LogP contribution in [-0.4, -0.2) is 41.5 Å². The van der Waals surface area contributed by atoms with Crippen molar-refractivity contribution < 1.29 is 23.1 Å². The number of aryl methyl sites for hydroxylation is 1. The molecule has 6 nitrogen and oxygen atoms in total. The van der Waals surface area contributed by atoms with Crippen molar-refractivity contribution in [1.29, 1.82) is 0 Å². The number of para-hydroxylation sites is 1. The van der Waals surface area contributed by atoms with Gasteiger partial charge in [0.25, 0.3) is 5.91 Å². The van der Waals surface area contributed by atoms with Crippen LogP contribution in [0.2, 0.25) is 0 Å². The maximum atomic E-state index is 14.5. The van der Waals surface area contributed by atoms with Crippen LogP contribution >= 0.6 is 0 Å². The van der Waals surface area contributed by atoms with Gasteiger partial charge in [-0.05, 0) is 29.8 Å². The highest BCUT2D eigenvalue weighted by atomic mass is 19.1. The van der Waals surface area contributed by atoms with Gasteiger partial charge in [-0.1, -0.05) is 36.4 Å². The Labute approximate surface area is 207 Å². The van der Waals surface area contributed by atoms with Crippen LogP contribution in [0.1, 0.15) is 33.4 Å². The monoisotopic (exact) mass is 489 g/mol. The number of hydrogen-bond donors (Lipinski definition) is 1. The molecule has 0 saturated carbocycles. The molecule has 2 heterocycles. The Morgan fingerprint density at radius 3 is 2.56 bits per heavy atom. The Hall–Kier alpha value is -4.04. The molecule has 36 heavy (non-hydrogen) atoms. The van der Waals surface area contributed by atoms with Crippen LogP contribution in [-0.2, 0) is 16.6 Å². The molecule has 0 fully saturated rings. The van der Waals surface area contributed by atoms with Gasteiger partial charge in [-0.2, -0.15) is 0 Å². The zero-order chi connectivity index (χ0) is 25.4. The van der Waals surface area contributed by atoms with Gasteiger partial charge in [0.2, 0.25) is 5.91 Å². The molecule has 0 radical (unpaired) electrons. The van der Waals surface area contributed by atoms with Gasteiger partial charge in [-0.15, -0.1) is 0 Å². The number of carbonyl (C=O) groups is 2. The van der Waals surface area contributed by atoms with E-state index in [-0.39, 0.29) is 24.7 Å². The topological polar surface area (TPSA) is 63.6 Å². The number of amides is 2. The summed E-state index contributed by atoms with van der Waals surface area (Å²) in [6.45, 7) is 0.530. The van der Waals surface area contributed by atoms with Gasteiger partial charge < -0.3 is 19.5 Å². The Morgan fingerprint density at radius 1 is 1.03 bits per heavy atom.